The minimum absolute atomic E-state index is 0.0816. The van der Waals surface area contributed by atoms with Crippen molar-refractivity contribution in [3.63, 3.8) is 0 Å². The van der Waals surface area contributed by atoms with E-state index in [1.54, 1.807) is 11.4 Å². The average molecular weight is 313 g/mol. The molecule has 0 spiro atoms. The van der Waals surface area contributed by atoms with E-state index in [9.17, 15) is 13.8 Å². The standard InChI is InChI=1S/C13H15NO4S2/c15-12(16)2-1-11-7-9(8-19-11)13(17)14-10-3-5-20(18)6-4-10/h1-2,7-8,10H,3-6H2,(H,14,17)(H,15,16)/b2-1+. The Balaban J connectivity index is 1.92. The molecule has 1 fully saturated rings. The second-order valence-electron chi connectivity index (χ2n) is 4.51. The van der Waals surface area contributed by atoms with E-state index in [0.29, 0.717) is 17.1 Å². The van der Waals surface area contributed by atoms with Gasteiger partial charge in [0.1, 0.15) is 0 Å². The highest BCUT2D eigenvalue weighted by atomic mass is 32.2. The summed E-state index contributed by atoms with van der Waals surface area (Å²) in [5, 5.41) is 13.2. The van der Waals surface area contributed by atoms with Crippen LogP contribution in [0.25, 0.3) is 6.08 Å². The highest BCUT2D eigenvalue weighted by molar-refractivity contribution is 7.85. The van der Waals surface area contributed by atoms with Gasteiger partial charge in [-0.05, 0) is 25.0 Å². The Hall–Kier alpha value is -1.47. The quantitative estimate of drug-likeness (QED) is 0.825. The molecule has 1 aromatic heterocycles. The highest BCUT2D eigenvalue weighted by Crippen LogP contribution is 2.17. The van der Waals surface area contributed by atoms with Gasteiger partial charge in [-0.1, -0.05) is 0 Å². The number of carboxylic acid groups (broad SMARTS) is 1. The lowest BCUT2D eigenvalue weighted by molar-refractivity contribution is -0.131. The Kier molecular flexibility index (Phi) is 5.08. The van der Waals surface area contributed by atoms with Gasteiger partial charge in [-0.15, -0.1) is 11.3 Å². The van der Waals surface area contributed by atoms with Crippen LogP contribution in [0.5, 0.6) is 0 Å². The summed E-state index contributed by atoms with van der Waals surface area (Å²) in [5.41, 5.74) is 0.534. The number of carbonyl (C=O) groups is 2. The molecule has 5 nitrogen and oxygen atoms in total. The molecule has 0 aromatic carbocycles. The van der Waals surface area contributed by atoms with E-state index >= 15 is 0 Å². The first-order valence-electron chi connectivity index (χ1n) is 6.20. The van der Waals surface area contributed by atoms with Crippen molar-refractivity contribution in [1.29, 1.82) is 0 Å². The third kappa shape index (κ3) is 4.28. The zero-order valence-electron chi connectivity index (χ0n) is 10.7. The minimum atomic E-state index is -1.01. The molecule has 2 N–H and O–H groups in total. The number of carboxylic acids is 1. The number of hydrogen-bond donors (Lipinski definition) is 2. The van der Waals surface area contributed by atoms with Crippen LogP contribution < -0.4 is 5.32 Å². The lowest BCUT2D eigenvalue weighted by Gasteiger charge is -2.22. The van der Waals surface area contributed by atoms with Gasteiger partial charge >= 0.3 is 5.97 Å². The van der Waals surface area contributed by atoms with Gasteiger partial charge in [0.15, 0.2) is 0 Å². The number of rotatable bonds is 4. The molecule has 108 valence electrons. The predicted molar refractivity (Wildman–Crippen MR) is 79.4 cm³/mol. The topological polar surface area (TPSA) is 83.5 Å². The van der Waals surface area contributed by atoms with Crippen LogP contribution >= 0.6 is 11.3 Å². The number of hydrogen-bond acceptors (Lipinski definition) is 4. The molecule has 1 aromatic rings. The van der Waals surface area contributed by atoms with Crippen molar-refractivity contribution in [3.8, 4) is 0 Å². The van der Waals surface area contributed by atoms with Gasteiger partial charge in [-0.3, -0.25) is 9.00 Å². The lowest BCUT2D eigenvalue weighted by atomic mass is 10.1. The van der Waals surface area contributed by atoms with E-state index in [1.165, 1.54) is 17.4 Å². The van der Waals surface area contributed by atoms with Crippen LogP contribution in [0.1, 0.15) is 28.1 Å². The molecule has 2 rings (SSSR count). The van der Waals surface area contributed by atoms with Crippen molar-refractivity contribution in [2.24, 2.45) is 0 Å². The zero-order chi connectivity index (χ0) is 14.5. The smallest absolute Gasteiger partial charge is 0.328 e. The van der Waals surface area contributed by atoms with Crippen LogP contribution in [0.3, 0.4) is 0 Å². The molecule has 0 saturated carbocycles. The van der Waals surface area contributed by atoms with Crippen LogP contribution in [0.4, 0.5) is 0 Å². The van der Waals surface area contributed by atoms with Crippen LogP contribution in [-0.4, -0.2) is 38.7 Å². The molecule has 1 amide bonds. The molecule has 0 atom stereocenters. The largest absolute Gasteiger partial charge is 0.478 e. The Morgan fingerprint density at radius 1 is 1.40 bits per heavy atom. The first kappa shape index (κ1) is 14.9. The summed E-state index contributed by atoms with van der Waals surface area (Å²) in [5.74, 6) is 0.107. The first-order valence-corrected chi connectivity index (χ1v) is 8.57. The Morgan fingerprint density at radius 3 is 2.75 bits per heavy atom. The third-order valence-electron chi connectivity index (χ3n) is 3.00. The average Bonchev–Trinajstić information content (AvgIpc) is 2.88. The molecule has 2 heterocycles. The van der Waals surface area contributed by atoms with Crippen LogP contribution in [0, 0.1) is 0 Å². The Bertz CT molecular complexity index is 554. The maximum Gasteiger partial charge on any atom is 0.328 e. The summed E-state index contributed by atoms with van der Waals surface area (Å²) < 4.78 is 11.2. The van der Waals surface area contributed by atoms with E-state index < -0.39 is 16.8 Å². The third-order valence-corrected chi connectivity index (χ3v) is 5.28. The summed E-state index contributed by atoms with van der Waals surface area (Å²) in [7, 11) is -0.737. The lowest BCUT2D eigenvalue weighted by Crippen LogP contribution is -2.39. The summed E-state index contributed by atoms with van der Waals surface area (Å²) in [4.78, 5) is 23.2. The summed E-state index contributed by atoms with van der Waals surface area (Å²) in [6.07, 6.45) is 4.00. The maximum absolute atomic E-state index is 12.0. The van der Waals surface area contributed by atoms with Gasteiger partial charge in [0.05, 0.1) is 5.56 Å². The van der Waals surface area contributed by atoms with Gasteiger partial charge in [-0.25, -0.2) is 4.79 Å². The van der Waals surface area contributed by atoms with Gasteiger partial charge < -0.3 is 10.4 Å². The molecular formula is C13H15NO4S2. The fourth-order valence-corrected chi connectivity index (χ4v) is 4.00. The molecule has 1 aliphatic rings. The monoisotopic (exact) mass is 313 g/mol. The van der Waals surface area contributed by atoms with Crippen LogP contribution in [0.15, 0.2) is 17.5 Å². The van der Waals surface area contributed by atoms with Crippen molar-refractivity contribution in [2.75, 3.05) is 11.5 Å². The van der Waals surface area contributed by atoms with Crippen molar-refractivity contribution < 1.29 is 18.9 Å². The van der Waals surface area contributed by atoms with Crippen molar-refractivity contribution in [3.05, 3.63) is 28.0 Å². The number of thiophene rings is 1. The second kappa shape index (κ2) is 6.81. The summed E-state index contributed by atoms with van der Waals surface area (Å²) >= 11 is 1.32. The minimum Gasteiger partial charge on any atom is -0.478 e. The van der Waals surface area contributed by atoms with Crippen LogP contribution in [-0.2, 0) is 15.6 Å². The van der Waals surface area contributed by atoms with Gasteiger partial charge in [-0.2, -0.15) is 0 Å². The maximum atomic E-state index is 12.0. The Labute approximate surface area is 123 Å². The first-order chi connectivity index (χ1) is 9.54. The predicted octanol–water partition coefficient (Wildman–Crippen LogP) is 1.49. The number of amides is 1. The van der Waals surface area contributed by atoms with Crippen molar-refractivity contribution in [1.82, 2.24) is 5.32 Å². The van der Waals surface area contributed by atoms with Crippen molar-refractivity contribution >= 4 is 40.1 Å². The molecule has 0 radical (unpaired) electrons. The fourth-order valence-electron chi connectivity index (χ4n) is 1.92. The molecule has 0 unspecified atom stereocenters. The molecule has 1 aliphatic heterocycles. The molecular weight excluding hydrogens is 298 g/mol. The molecule has 20 heavy (non-hydrogen) atoms. The van der Waals surface area contributed by atoms with E-state index in [-0.39, 0.29) is 11.9 Å². The fraction of sp³-hybridized carbons (Fsp3) is 0.385. The van der Waals surface area contributed by atoms with Crippen molar-refractivity contribution in [2.45, 2.75) is 18.9 Å². The van der Waals surface area contributed by atoms with Gasteiger partial charge in [0, 0.05) is 44.7 Å². The van der Waals surface area contributed by atoms with E-state index in [0.717, 1.165) is 23.8 Å². The number of carbonyl (C=O) groups excluding carboxylic acids is 1. The normalized spacial score (nSPS) is 22.8. The van der Waals surface area contributed by atoms with Gasteiger partial charge in [0.2, 0.25) is 0 Å². The van der Waals surface area contributed by atoms with E-state index in [4.69, 9.17) is 5.11 Å². The SMILES string of the molecule is O=C(O)/C=C/c1cc(C(=O)NC2CCS(=O)CC2)cs1. The van der Waals surface area contributed by atoms with Gasteiger partial charge in [0.25, 0.3) is 5.91 Å². The molecule has 0 bridgehead atoms. The Morgan fingerprint density at radius 2 is 2.10 bits per heavy atom. The highest BCUT2D eigenvalue weighted by Gasteiger charge is 2.20. The summed E-state index contributed by atoms with van der Waals surface area (Å²) in [6.45, 7) is 0. The molecule has 7 heteroatoms. The van der Waals surface area contributed by atoms with E-state index in [2.05, 4.69) is 5.32 Å². The van der Waals surface area contributed by atoms with Crippen LogP contribution in [0.2, 0.25) is 0 Å². The molecule has 0 aliphatic carbocycles. The molecule has 1 saturated heterocycles. The summed E-state index contributed by atoms with van der Waals surface area (Å²) in [6, 6.07) is 1.75. The van der Waals surface area contributed by atoms with E-state index in [1.807, 2.05) is 0 Å². The zero-order valence-corrected chi connectivity index (χ0v) is 12.3. The number of nitrogens with one attached hydrogen (secondary N) is 1. The number of aliphatic carboxylic acids is 1. The second-order valence-corrected chi connectivity index (χ2v) is 7.14.